The Hall–Kier alpha value is -1.47. The SMILES string of the molecule is CCCC(CS)Cn1c(CC#N)nc2ccccc21. The minimum Gasteiger partial charge on any atom is -0.327 e. The predicted octanol–water partition coefficient (Wildman–Crippen LogP) is 3.45. The van der Waals surface area contributed by atoms with Crippen molar-refractivity contribution in [1.82, 2.24) is 9.55 Å². The zero-order valence-electron chi connectivity index (χ0n) is 11.2. The minimum atomic E-state index is 0.361. The van der Waals surface area contributed by atoms with Crippen LogP contribution in [0.15, 0.2) is 24.3 Å². The van der Waals surface area contributed by atoms with Crippen molar-refractivity contribution in [2.75, 3.05) is 5.75 Å². The van der Waals surface area contributed by atoms with Crippen molar-refractivity contribution < 1.29 is 0 Å². The van der Waals surface area contributed by atoms with E-state index < -0.39 is 0 Å². The first kappa shape index (κ1) is 14.0. The van der Waals surface area contributed by atoms with Crippen LogP contribution in [0, 0.1) is 17.2 Å². The maximum absolute atomic E-state index is 8.95. The first-order chi connectivity index (χ1) is 9.30. The number of rotatable bonds is 6. The molecule has 0 aliphatic heterocycles. The zero-order valence-corrected chi connectivity index (χ0v) is 12.1. The number of imidazole rings is 1. The van der Waals surface area contributed by atoms with Gasteiger partial charge in [-0.3, -0.25) is 0 Å². The number of nitrogens with zero attached hydrogens (tertiary/aromatic N) is 3. The van der Waals surface area contributed by atoms with Crippen LogP contribution >= 0.6 is 12.6 Å². The second-order valence-electron chi connectivity index (χ2n) is 4.80. The topological polar surface area (TPSA) is 41.6 Å². The quantitative estimate of drug-likeness (QED) is 0.819. The third kappa shape index (κ3) is 3.10. The van der Waals surface area contributed by atoms with Crippen LogP contribution in [-0.4, -0.2) is 15.3 Å². The summed E-state index contributed by atoms with van der Waals surface area (Å²) in [6.45, 7) is 3.09. The number of nitriles is 1. The number of hydrogen-bond acceptors (Lipinski definition) is 3. The van der Waals surface area contributed by atoms with Crippen molar-refractivity contribution in [3.05, 3.63) is 30.1 Å². The molecular formula is C15H19N3S. The standard InChI is InChI=1S/C15H19N3S/c1-2-5-12(11-19)10-18-14-7-4-3-6-13(14)17-15(18)8-9-16/h3-4,6-7,12,19H,2,5,8,10-11H2,1H3. The van der Waals surface area contributed by atoms with E-state index in [1.54, 1.807) is 0 Å². The molecule has 1 heterocycles. The molecule has 0 radical (unpaired) electrons. The van der Waals surface area contributed by atoms with Crippen molar-refractivity contribution in [1.29, 1.82) is 5.26 Å². The van der Waals surface area contributed by atoms with Gasteiger partial charge in [-0.15, -0.1) is 0 Å². The van der Waals surface area contributed by atoms with Crippen molar-refractivity contribution in [3.63, 3.8) is 0 Å². The van der Waals surface area contributed by atoms with Crippen LogP contribution in [-0.2, 0) is 13.0 Å². The number of fused-ring (bicyclic) bond motifs is 1. The molecule has 0 saturated heterocycles. The molecular weight excluding hydrogens is 254 g/mol. The number of aromatic nitrogens is 2. The maximum atomic E-state index is 8.95. The Labute approximate surface area is 119 Å². The van der Waals surface area contributed by atoms with E-state index in [2.05, 4.69) is 41.2 Å². The molecule has 100 valence electrons. The lowest BCUT2D eigenvalue weighted by molar-refractivity contribution is 0.453. The zero-order chi connectivity index (χ0) is 13.7. The molecule has 1 atom stereocenters. The summed E-state index contributed by atoms with van der Waals surface area (Å²) in [5.41, 5.74) is 2.10. The van der Waals surface area contributed by atoms with Gasteiger partial charge in [-0.25, -0.2) is 4.98 Å². The second-order valence-corrected chi connectivity index (χ2v) is 5.16. The van der Waals surface area contributed by atoms with Gasteiger partial charge >= 0.3 is 0 Å². The monoisotopic (exact) mass is 273 g/mol. The summed E-state index contributed by atoms with van der Waals surface area (Å²) in [5, 5.41) is 8.95. The van der Waals surface area contributed by atoms with Crippen LogP contribution in [0.5, 0.6) is 0 Å². The molecule has 0 spiro atoms. The summed E-state index contributed by atoms with van der Waals surface area (Å²) < 4.78 is 2.19. The fourth-order valence-electron chi connectivity index (χ4n) is 2.44. The maximum Gasteiger partial charge on any atom is 0.124 e. The normalized spacial score (nSPS) is 12.5. The summed E-state index contributed by atoms with van der Waals surface area (Å²) in [5.74, 6) is 2.27. The Morgan fingerprint density at radius 3 is 2.89 bits per heavy atom. The average molecular weight is 273 g/mol. The van der Waals surface area contributed by atoms with E-state index in [0.717, 1.165) is 42.0 Å². The molecule has 0 bridgehead atoms. The molecule has 0 saturated carbocycles. The van der Waals surface area contributed by atoms with Gasteiger partial charge in [0.05, 0.1) is 23.5 Å². The number of benzene rings is 1. The van der Waals surface area contributed by atoms with Crippen LogP contribution in [0.3, 0.4) is 0 Å². The molecule has 1 aromatic carbocycles. The second kappa shape index (κ2) is 6.63. The van der Waals surface area contributed by atoms with Gasteiger partial charge in [0.15, 0.2) is 0 Å². The highest BCUT2D eigenvalue weighted by molar-refractivity contribution is 7.80. The van der Waals surface area contributed by atoms with Crippen LogP contribution in [0.1, 0.15) is 25.6 Å². The average Bonchev–Trinajstić information content (AvgIpc) is 2.77. The van der Waals surface area contributed by atoms with Crippen molar-refractivity contribution in [2.45, 2.75) is 32.7 Å². The summed E-state index contributed by atoms with van der Waals surface area (Å²) in [7, 11) is 0. The Morgan fingerprint density at radius 2 is 2.21 bits per heavy atom. The Balaban J connectivity index is 2.38. The molecule has 3 nitrogen and oxygen atoms in total. The van der Waals surface area contributed by atoms with Gasteiger partial charge in [0, 0.05) is 6.54 Å². The highest BCUT2D eigenvalue weighted by Crippen LogP contribution is 2.20. The summed E-state index contributed by atoms with van der Waals surface area (Å²) in [6, 6.07) is 10.3. The van der Waals surface area contributed by atoms with Crippen molar-refractivity contribution in [3.8, 4) is 6.07 Å². The summed E-state index contributed by atoms with van der Waals surface area (Å²) in [6.07, 6.45) is 2.67. The first-order valence-electron chi connectivity index (χ1n) is 6.72. The molecule has 0 aliphatic carbocycles. The molecule has 0 fully saturated rings. The molecule has 19 heavy (non-hydrogen) atoms. The van der Waals surface area contributed by atoms with Gasteiger partial charge in [0.2, 0.25) is 0 Å². The van der Waals surface area contributed by atoms with E-state index >= 15 is 0 Å². The first-order valence-corrected chi connectivity index (χ1v) is 7.35. The molecule has 1 unspecified atom stereocenters. The molecule has 2 aromatic rings. The third-order valence-electron chi connectivity index (χ3n) is 3.37. The summed E-state index contributed by atoms with van der Waals surface area (Å²) >= 11 is 4.44. The Kier molecular flexibility index (Phi) is 4.86. The lowest BCUT2D eigenvalue weighted by atomic mass is 10.1. The minimum absolute atomic E-state index is 0.361. The van der Waals surface area contributed by atoms with Crippen molar-refractivity contribution in [2.24, 2.45) is 5.92 Å². The Bertz CT molecular complexity index is 583. The molecule has 0 N–H and O–H groups in total. The number of para-hydroxylation sites is 2. The van der Waals surface area contributed by atoms with E-state index in [1.165, 1.54) is 0 Å². The number of hydrogen-bond donors (Lipinski definition) is 1. The van der Waals surface area contributed by atoms with E-state index in [1.807, 2.05) is 18.2 Å². The molecule has 0 aliphatic rings. The fraction of sp³-hybridized carbons (Fsp3) is 0.467. The molecule has 1 aromatic heterocycles. The van der Waals surface area contributed by atoms with Gasteiger partial charge in [-0.2, -0.15) is 17.9 Å². The van der Waals surface area contributed by atoms with Gasteiger partial charge < -0.3 is 4.57 Å². The lowest BCUT2D eigenvalue weighted by Crippen LogP contribution is -2.14. The van der Waals surface area contributed by atoms with Crippen LogP contribution in [0.25, 0.3) is 11.0 Å². The van der Waals surface area contributed by atoms with Gasteiger partial charge in [0.1, 0.15) is 5.82 Å². The highest BCUT2D eigenvalue weighted by Gasteiger charge is 2.14. The van der Waals surface area contributed by atoms with E-state index in [4.69, 9.17) is 5.26 Å². The van der Waals surface area contributed by atoms with Crippen LogP contribution in [0.4, 0.5) is 0 Å². The van der Waals surface area contributed by atoms with E-state index in [0.29, 0.717) is 12.3 Å². The largest absolute Gasteiger partial charge is 0.327 e. The van der Waals surface area contributed by atoms with E-state index in [-0.39, 0.29) is 0 Å². The summed E-state index contributed by atoms with van der Waals surface area (Å²) in [4.78, 5) is 4.57. The fourth-order valence-corrected chi connectivity index (χ4v) is 2.74. The van der Waals surface area contributed by atoms with Crippen LogP contribution < -0.4 is 0 Å². The molecule has 0 amide bonds. The van der Waals surface area contributed by atoms with Gasteiger partial charge in [-0.05, 0) is 30.2 Å². The smallest absolute Gasteiger partial charge is 0.124 e. The molecule has 2 rings (SSSR count). The predicted molar refractivity (Wildman–Crippen MR) is 81.3 cm³/mol. The van der Waals surface area contributed by atoms with Crippen LogP contribution in [0.2, 0.25) is 0 Å². The van der Waals surface area contributed by atoms with E-state index in [9.17, 15) is 0 Å². The van der Waals surface area contributed by atoms with Gasteiger partial charge in [0.25, 0.3) is 0 Å². The highest BCUT2D eigenvalue weighted by atomic mass is 32.1. The Morgan fingerprint density at radius 1 is 1.42 bits per heavy atom. The van der Waals surface area contributed by atoms with Crippen molar-refractivity contribution >= 4 is 23.7 Å². The lowest BCUT2D eigenvalue weighted by Gasteiger charge is -2.16. The van der Waals surface area contributed by atoms with Gasteiger partial charge in [-0.1, -0.05) is 25.5 Å². The third-order valence-corrected chi connectivity index (χ3v) is 3.88. The number of thiol groups is 1. The molecule has 4 heteroatoms.